The third-order valence-corrected chi connectivity index (χ3v) is 4.22. The van der Waals surface area contributed by atoms with Crippen LogP contribution in [0.1, 0.15) is 0 Å². The number of sulfonamides is 1. The molecule has 26 heavy (non-hydrogen) atoms. The molecule has 0 atom stereocenters. The number of halogens is 1. The van der Waals surface area contributed by atoms with Crippen LogP contribution in [0.5, 0.6) is 0 Å². The molecule has 0 bridgehead atoms. The van der Waals surface area contributed by atoms with E-state index in [1.165, 1.54) is 6.20 Å². The van der Waals surface area contributed by atoms with Gasteiger partial charge in [0.15, 0.2) is 5.82 Å². The topological polar surface area (TPSA) is 116 Å². The van der Waals surface area contributed by atoms with Crippen LogP contribution >= 0.6 is 11.6 Å². The van der Waals surface area contributed by atoms with Gasteiger partial charge in [0.1, 0.15) is 10.8 Å². The predicted octanol–water partition coefficient (Wildman–Crippen LogP) is 2.74. The Morgan fingerprint density at radius 3 is 2.58 bits per heavy atom. The number of hydrogen-bond donors (Lipinski definition) is 3. The van der Waals surface area contributed by atoms with Crippen LogP contribution < -0.4 is 14.9 Å². The molecular formula is C15H16ClN7O2S. The molecule has 0 spiro atoms. The number of nitrogens with zero attached hydrogens (tertiary/aromatic N) is 4. The van der Waals surface area contributed by atoms with Crippen molar-refractivity contribution in [1.29, 1.82) is 0 Å². The van der Waals surface area contributed by atoms with Crippen molar-refractivity contribution in [3.8, 4) is 0 Å². The molecule has 0 amide bonds. The minimum absolute atomic E-state index is 0.293. The highest BCUT2D eigenvalue weighted by atomic mass is 35.5. The Kier molecular flexibility index (Phi) is 4.96. The SMILES string of the molecule is CN(c1ncc(Cl)c(Nc2ccccc2NS(C)(=O)=O)n1)c1ccn[nH]1. The highest BCUT2D eigenvalue weighted by Gasteiger charge is 2.14. The van der Waals surface area contributed by atoms with Gasteiger partial charge in [-0.1, -0.05) is 23.7 Å². The van der Waals surface area contributed by atoms with Gasteiger partial charge in [0.2, 0.25) is 16.0 Å². The van der Waals surface area contributed by atoms with Crippen molar-refractivity contribution in [1.82, 2.24) is 20.2 Å². The van der Waals surface area contributed by atoms with Gasteiger partial charge in [0.05, 0.1) is 30.0 Å². The van der Waals surface area contributed by atoms with Crippen LogP contribution in [0.3, 0.4) is 0 Å². The second-order valence-corrected chi connectivity index (χ2v) is 7.57. The van der Waals surface area contributed by atoms with Gasteiger partial charge in [0.25, 0.3) is 0 Å². The van der Waals surface area contributed by atoms with Crippen LogP contribution in [0.15, 0.2) is 42.7 Å². The number of rotatable bonds is 6. The molecular weight excluding hydrogens is 378 g/mol. The van der Waals surface area contributed by atoms with E-state index in [1.54, 1.807) is 48.5 Å². The van der Waals surface area contributed by atoms with Crippen LogP contribution in [0.25, 0.3) is 0 Å². The Balaban J connectivity index is 1.92. The molecule has 0 fully saturated rings. The van der Waals surface area contributed by atoms with Crippen molar-refractivity contribution in [2.45, 2.75) is 0 Å². The third kappa shape index (κ3) is 4.21. The lowest BCUT2D eigenvalue weighted by Crippen LogP contribution is -2.15. The van der Waals surface area contributed by atoms with Crippen LogP contribution in [-0.4, -0.2) is 41.9 Å². The molecule has 0 aliphatic heterocycles. The molecule has 0 aliphatic carbocycles. The monoisotopic (exact) mass is 393 g/mol. The van der Waals surface area contributed by atoms with Gasteiger partial charge in [-0.15, -0.1) is 0 Å². The summed E-state index contributed by atoms with van der Waals surface area (Å²) < 4.78 is 25.5. The molecule has 0 saturated carbocycles. The zero-order valence-electron chi connectivity index (χ0n) is 13.9. The first kappa shape index (κ1) is 18.0. The van der Waals surface area contributed by atoms with E-state index in [0.29, 0.717) is 34.0 Å². The molecule has 11 heteroatoms. The fourth-order valence-corrected chi connectivity index (χ4v) is 2.87. The van der Waals surface area contributed by atoms with Gasteiger partial charge < -0.3 is 5.32 Å². The first-order valence-electron chi connectivity index (χ1n) is 7.43. The molecule has 2 aromatic heterocycles. The van der Waals surface area contributed by atoms with Crippen molar-refractivity contribution in [3.63, 3.8) is 0 Å². The predicted molar refractivity (Wildman–Crippen MR) is 102 cm³/mol. The third-order valence-electron chi connectivity index (χ3n) is 3.35. The Bertz CT molecular complexity index is 1010. The quantitative estimate of drug-likeness (QED) is 0.589. The van der Waals surface area contributed by atoms with Crippen molar-refractivity contribution in [3.05, 3.63) is 47.7 Å². The summed E-state index contributed by atoms with van der Waals surface area (Å²) in [5.74, 6) is 1.43. The summed E-state index contributed by atoms with van der Waals surface area (Å²) in [4.78, 5) is 10.3. The van der Waals surface area contributed by atoms with Gasteiger partial charge in [0, 0.05) is 13.1 Å². The number of nitrogens with one attached hydrogen (secondary N) is 3. The van der Waals surface area contributed by atoms with Crippen LogP contribution in [-0.2, 0) is 10.0 Å². The number of para-hydroxylation sites is 2. The largest absolute Gasteiger partial charge is 0.337 e. The number of aromatic amines is 1. The smallest absolute Gasteiger partial charge is 0.232 e. The minimum atomic E-state index is -3.43. The lowest BCUT2D eigenvalue weighted by molar-refractivity contribution is 0.607. The number of aromatic nitrogens is 4. The highest BCUT2D eigenvalue weighted by molar-refractivity contribution is 7.92. The molecule has 0 saturated heterocycles. The van der Waals surface area contributed by atoms with Gasteiger partial charge in [-0.25, -0.2) is 13.4 Å². The first-order chi connectivity index (χ1) is 12.3. The molecule has 3 rings (SSSR count). The molecule has 0 radical (unpaired) electrons. The van der Waals surface area contributed by atoms with Gasteiger partial charge in [-0.3, -0.25) is 14.7 Å². The Morgan fingerprint density at radius 2 is 1.92 bits per heavy atom. The minimum Gasteiger partial charge on any atom is -0.337 e. The molecule has 2 heterocycles. The van der Waals surface area contributed by atoms with E-state index in [1.807, 2.05) is 0 Å². The summed E-state index contributed by atoms with van der Waals surface area (Å²) in [6.07, 6.45) is 4.17. The molecule has 136 valence electrons. The number of benzene rings is 1. The van der Waals surface area contributed by atoms with E-state index in [0.717, 1.165) is 6.26 Å². The van der Waals surface area contributed by atoms with E-state index in [9.17, 15) is 8.42 Å². The average Bonchev–Trinajstić information content (AvgIpc) is 3.11. The molecule has 0 unspecified atom stereocenters. The maximum atomic E-state index is 11.5. The second-order valence-electron chi connectivity index (χ2n) is 5.41. The zero-order chi connectivity index (χ0) is 18.7. The first-order valence-corrected chi connectivity index (χ1v) is 9.70. The molecule has 0 aliphatic rings. The lowest BCUT2D eigenvalue weighted by Gasteiger charge is -2.17. The molecule has 1 aromatic carbocycles. The van der Waals surface area contributed by atoms with Gasteiger partial charge >= 0.3 is 0 Å². The summed E-state index contributed by atoms with van der Waals surface area (Å²) >= 11 is 6.20. The highest BCUT2D eigenvalue weighted by Crippen LogP contribution is 2.30. The van der Waals surface area contributed by atoms with E-state index >= 15 is 0 Å². The fourth-order valence-electron chi connectivity index (χ4n) is 2.16. The van der Waals surface area contributed by atoms with E-state index in [2.05, 4.69) is 30.2 Å². The summed E-state index contributed by atoms with van der Waals surface area (Å²) in [6.45, 7) is 0. The van der Waals surface area contributed by atoms with E-state index in [4.69, 9.17) is 11.6 Å². The average molecular weight is 394 g/mol. The van der Waals surface area contributed by atoms with Crippen LogP contribution in [0.4, 0.5) is 29.0 Å². The Hall–Kier alpha value is -2.85. The van der Waals surface area contributed by atoms with Crippen LogP contribution in [0.2, 0.25) is 5.02 Å². The normalized spacial score (nSPS) is 11.2. The maximum Gasteiger partial charge on any atom is 0.232 e. The Morgan fingerprint density at radius 1 is 1.19 bits per heavy atom. The summed E-state index contributed by atoms with van der Waals surface area (Å²) in [6, 6.07) is 8.61. The molecule has 3 N–H and O–H groups in total. The van der Waals surface area contributed by atoms with Crippen molar-refractivity contribution in [2.75, 3.05) is 28.2 Å². The summed E-state index contributed by atoms with van der Waals surface area (Å²) in [7, 11) is -1.65. The van der Waals surface area contributed by atoms with E-state index < -0.39 is 10.0 Å². The summed E-state index contributed by atoms with van der Waals surface area (Å²) in [5, 5.41) is 10.0. The van der Waals surface area contributed by atoms with Crippen molar-refractivity contribution < 1.29 is 8.42 Å². The number of anilines is 5. The molecule has 9 nitrogen and oxygen atoms in total. The lowest BCUT2D eigenvalue weighted by atomic mass is 10.2. The van der Waals surface area contributed by atoms with Gasteiger partial charge in [-0.05, 0) is 12.1 Å². The second kappa shape index (κ2) is 7.18. The standard InChI is InChI=1S/C15H16ClN7O2S/c1-23(13-7-8-18-21-13)15-17-9-10(16)14(20-15)19-11-5-3-4-6-12(11)22-26(2,24)25/h3-9,22H,1-2H3,(H,18,21)(H,17,19,20). The van der Waals surface area contributed by atoms with Crippen molar-refractivity contribution >= 4 is 50.6 Å². The summed E-state index contributed by atoms with van der Waals surface area (Å²) in [5.41, 5.74) is 0.891. The zero-order valence-corrected chi connectivity index (χ0v) is 15.5. The maximum absolute atomic E-state index is 11.5. The number of H-pyrrole nitrogens is 1. The van der Waals surface area contributed by atoms with Gasteiger partial charge in [-0.2, -0.15) is 10.1 Å². The van der Waals surface area contributed by atoms with E-state index in [-0.39, 0.29) is 0 Å². The molecule has 3 aromatic rings. The Labute approximate surface area is 155 Å². The van der Waals surface area contributed by atoms with Crippen molar-refractivity contribution in [2.24, 2.45) is 0 Å². The fraction of sp³-hybridized carbons (Fsp3) is 0.133. The number of hydrogen-bond acceptors (Lipinski definition) is 7. The van der Waals surface area contributed by atoms with Crippen LogP contribution in [0, 0.1) is 0 Å².